The number of rotatable bonds is 9. The fourth-order valence-electron chi connectivity index (χ4n) is 2.87. The molecule has 2 aromatic rings. The Labute approximate surface area is 194 Å². The van der Waals surface area contributed by atoms with Crippen molar-refractivity contribution in [2.75, 3.05) is 11.9 Å². The molecule has 0 aromatic heterocycles. The van der Waals surface area contributed by atoms with Crippen LogP contribution in [0.1, 0.15) is 50.5 Å². The molecular weight excluding hydrogens is 420 g/mol. The molecule has 7 nitrogen and oxygen atoms in total. The van der Waals surface area contributed by atoms with E-state index in [1.54, 1.807) is 38.1 Å². The second-order valence-electron chi connectivity index (χ2n) is 9.26. The third-order valence-electron chi connectivity index (χ3n) is 4.94. The lowest BCUT2D eigenvalue weighted by molar-refractivity contribution is -0.148. The Balaban J connectivity index is 1.90. The number of Topliss-reactive ketones (excluding diaryl/α,β-unsaturated/α-hetero) is 1. The normalized spacial score (nSPS) is 12.1. The summed E-state index contributed by atoms with van der Waals surface area (Å²) in [6.45, 7) is 8.57. The number of carbonyl (C=O) groups excluding carboxylic acids is 4. The van der Waals surface area contributed by atoms with Crippen molar-refractivity contribution in [3.8, 4) is 0 Å². The molecule has 0 saturated heterocycles. The van der Waals surface area contributed by atoms with Gasteiger partial charge in [-0.25, -0.2) is 4.79 Å². The second kappa shape index (κ2) is 11.4. The fraction of sp³-hybridized carbons (Fsp3) is 0.385. The van der Waals surface area contributed by atoms with Crippen molar-refractivity contribution in [2.24, 2.45) is 11.3 Å². The molecule has 0 fully saturated rings. The lowest BCUT2D eigenvalue weighted by atomic mass is 9.95. The first-order valence-electron chi connectivity index (χ1n) is 10.9. The summed E-state index contributed by atoms with van der Waals surface area (Å²) in [5, 5.41) is 5.49. The van der Waals surface area contributed by atoms with Crippen LogP contribution in [0, 0.1) is 11.3 Å². The summed E-state index contributed by atoms with van der Waals surface area (Å²) in [5.74, 6) is -1.68. The van der Waals surface area contributed by atoms with Crippen molar-refractivity contribution in [1.82, 2.24) is 5.32 Å². The minimum Gasteiger partial charge on any atom is -0.456 e. The predicted molar refractivity (Wildman–Crippen MR) is 127 cm³/mol. The molecule has 0 bridgehead atoms. The van der Waals surface area contributed by atoms with Crippen molar-refractivity contribution in [3.05, 3.63) is 65.7 Å². The summed E-state index contributed by atoms with van der Waals surface area (Å²) >= 11 is 0. The average Bonchev–Trinajstić information content (AvgIpc) is 2.76. The Hall–Kier alpha value is -3.48. The van der Waals surface area contributed by atoms with E-state index in [-0.39, 0.29) is 29.9 Å². The van der Waals surface area contributed by atoms with E-state index in [9.17, 15) is 19.2 Å². The highest BCUT2D eigenvalue weighted by molar-refractivity contribution is 5.99. The maximum atomic E-state index is 12.5. The molecule has 2 N–H and O–H groups in total. The molecule has 2 rings (SSSR count). The Kier molecular flexibility index (Phi) is 8.91. The molecule has 2 amide bonds. The summed E-state index contributed by atoms with van der Waals surface area (Å²) < 4.78 is 5.20. The minimum absolute atomic E-state index is 0.135. The van der Waals surface area contributed by atoms with Gasteiger partial charge < -0.3 is 15.4 Å². The van der Waals surface area contributed by atoms with Gasteiger partial charge in [-0.05, 0) is 35.7 Å². The van der Waals surface area contributed by atoms with E-state index in [0.29, 0.717) is 11.3 Å². The summed E-state index contributed by atoms with van der Waals surface area (Å²) in [5.41, 5.74) is 1.23. The van der Waals surface area contributed by atoms with E-state index in [1.807, 2.05) is 51.1 Å². The van der Waals surface area contributed by atoms with Gasteiger partial charge in [0.2, 0.25) is 11.8 Å². The SMILES string of the molecule is CC(C)[C@H](NC(=O)Cc1ccccc1)C(=O)OCC(=O)c1ccc(NC(=O)C(C)(C)C)cc1. The topological polar surface area (TPSA) is 102 Å². The van der Waals surface area contributed by atoms with E-state index in [0.717, 1.165) is 5.56 Å². The van der Waals surface area contributed by atoms with Gasteiger partial charge in [-0.15, -0.1) is 0 Å². The van der Waals surface area contributed by atoms with E-state index >= 15 is 0 Å². The van der Waals surface area contributed by atoms with Gasteiger partial charge in [0, 0.05) is 16.7 Å². The molecule has 0 saturated carbocycles. The first-order valence-corrected chi connectivity index (χ1v) is 10.9. The van der Waals surface area contributed by atoms with E-state index in [4.69, 9.17) is 4.74 Å². The van der Waals surface area contributed by atoms with Crippen LogP contribution in [0.3, 0.4) is 0 Å². The molecule has 0 heterocycles. The number of ether oxygens (including phenoxy) is 1. The molecule has 0 radical (unpaired) electrons. The number of ketones is 1. The van der Waals surface area contributed by atoms with Crippen LogP contribution >= 0.6 is 0 Å². The molecule has 0 spiro atoms. The summed E-state index contributed by atoms with van der Waals surface area (Å²) in [7, 11) is 0. The van der Waals surface area contributed by atoms with Crippen LogP contribution in [-0.2, 0) is 25.5 Å². The van der Waals surface area contributed by atoms with Gasteiger partial charge in [0.25, 0.3) is 0 Å². The smallest absolute Gasteiger partial charge is 0.329 e. The van der Waals surface area contributed by atoms with Gasteiger partial charge in [0.1, 0.15) is 6.04 Å². The van der Waals surface area contributed by atoms with Crippen LogP contribution in [0.15, 0.2) is 54.6 Å². The molecule has 7 heteroatoms. The van der Waals surface area contributed by atoms with Crippen molar-refractivity contribution in [3.63, 3.8) is 0 Å². The molecule has 0 unspecified atom stereocenters. The molecule has 33 heavy (non-hydrogen) atoms. The molecule has 176 valence electrons. The maximum Gasteiger partial charge on any atom is 0.329 e. The Bertz CT molecular complexity index is 976. The highest BCUT2D eigenvalue weighted by atomic mass is 16.5. The van der Waals surface area contributed by atoms with Crippen LogP contribution in [0.25, 0.3) is 0 Å². The van der Waals surface area contributed by atoms with Crippen LogP contribution in [0.2, 0.25) is 0 Å². The largest absolute Gasteiger partial charge is 0.456 e. The number of esters is 1. The number of benzene rings is 2. The Morgan fingerprint density at radius 1 is 0.909 bits per heavy atom. The summed E-state index contributed by atoms with van der Waals surface area (Å²) in [6, 6.07) is 14.7. The van der Waals surface area contributed by atoms with Crippen LogP contribution < -0.4 is 10.6 Å². The number of carbonyl (C=O) groups is 4. The van der Waals surface area contributed by atoms with Crippen molar-refractivity contribution >= 4 is 29.3 Å². The zero-order chi connectivity index (χ0) is 24.6. The van der Waals surface area contributed by atoms with Gasteiger partial charge in [-0.3, -0.25) is 14.4 Å². The third kappa shape index (κ3) is 8.18. The van der Waals surface area contributed by atoms with Gasteiger partial charge in [0.05, 0.1) is 6.42 Å². The fourth-order valence-corrected chi connectivity index (χ4v) is 2.87. The molecule has 1 atom stereocenters. The molecule has 0 aliphatic heterocycles. The van der Waals surface area contributed by atoms with Crippen LogP contribution in [-0.4, -0.2) is 36.2 Å². The van der Waals surface area contributed by atoms with Gasteiger partial charge in [-0.1, -0.05) is 65.0 Å². The van der Waals surface area contributed by atoms with Crippen molar-refractivity contribution in [2.45, 2.75) is 47.1 Å². The molecule has 0 aliphatic rings. The second-order valence-corrected chi connectivity index (χ2v) is 9.26. The van der Waals surface area contributed by atoms with Crippen LogP contribution in [0.4, 0.5) is 5.69 Å². The third-order valence-corrected chi connectivity index (χ3v) is 4.94. The number of hydrogen-bond donors (Lipinski definition) is 2. The first kappa shape index (κ1) is 25.8. The number of nitrogens with one attached hydrogen (secondary N) is 2. The van der Waals surface area contributed by atoms with Crippen molar-refractivity contribution in [1.29, 1.82) is 0 Å². The Morgan fingerprint density at radius 2 is 1.52 bits per heavy atom. The molecule has 0 aliphatic carbocycles. The number of hydrogen-bond acceptors (Lipinski definition) is 5. The highest BCUT2D eigenvalue weighted by Gasteiger charge is 2.26. The van der Waals surface area contributed by atoms with Gasteiger partial charge in [-0.2, -0.15) is 0 Å². The van der Waals surface area contributed by atoms with E-state index in [2.05, 4.69) is 10.6 Å². The number of anilines is 1. The van der Waals surface area contributed by atoms with Gasteiger partial charge in [0.15, 0.2) is 12.4 Å². The monoisotopic (exact) mass is 452 g/mol. The van der Waals surface area contributed by atoms with Gasteiger partial charge >= 0.3 is 5.97 Å². The highest BCUT2D eigenvalue weighted by Crippen LogP contribution is 2.18. The maximum absolute atomic E-state index is 12.5. The van der Waals surface area contributed by atoms with E-state index in [1.165, 1.54) is 0 Å². The lowest BCUT2D eigenvalue weighted by Gasteiger charge is -2.21. The lowest BCUT2D eigenvalue weighted by Crippen LogP contribution is -2.46. The number of amides is 2. The zero-order valence-corrected chi connectivity index (χ0v) is 19.8. The molecular formula is C26H32N2O5. The first-order chi connectivity index (χ1) is 15.5. The summed E-state index contributed by atoms with van der Waals surface area (Å²) in [6.07, 6.45) is 0.147. The Morgan fingerprint density at radius 3 is 2.06 bits per heavy atom. The summed E-state index contributed by atoms with van der Waals surface area (Å²) in [4.78, 5) is 49.4. The zero-order valence-electron chi connectivity index (χ0n) is 19.8. The standard InChI is InChI=1S/C26H32N2O5/c1-17(2)23(28-22(30)15-18-9-7-6-8-10-18)24(31)33-16-21(29)19-11-13-20(14-12-19)27-25(32)26(3,4)5/h6-14,17,23H,15-16H2,1-5H3,(H,27,32)(H,28,30)/t23-/m0/s1. The van der Waals surface area contributed by atoms with E-state index < -0.39 is 24.0 Å². The minimum atomic E-state index is -0.857. The predicted octanol–water partition coefficient (Wildman–Crippen LogP) is 3.78. The average molecular weight is 453 g/mol. The van der Waals surface area contributed by atoms with Crippen molar-refractivity contribution < 1.29 is 23.9 Å². The molecule has 2 aromatic carbocycles. The van der Waals surface area contributed by atoms with Crippen LogP contribution in [0.5, 0.6) is 0 Å². The quantitative estimate of drug-likeness (QED) is 0.445.